The van der Waals surface area contributed by atoms with E-state index in [4.69, 9.17) is 0 Å². The number of anilines is 1. The third-order valence-electron chi connectivity index (χ3n) is 4.86. The van der Waals surface area contributed by atoms with Crippen LogP contribution in [0.2, 0.25) is 0 Å². The highest BCUT2D eigenvalue weighted by molar-refractivity contribution is 7.09. The van der Waals surface area contributed by atoms with E-state index < -0.39 is 17.8 Å². The fraction of sp³-hybridized carbons (Fsp3) is 0.316. The summed E-state index contributed by atoms with van der Waals surface area (Å²) >= 11 is 1.46. The molecule has 3 heterocycles. The maximum atomic E-state index is 12.6. The molecule has 0 N–H and O–H groups in total. The number of para-hydroxylation sites is 1. The number of piperazine rings is 1. The Hall–Kier alpha value is -2.71. The summed E-state index contributed by atoms with van der Waals surface area (Å²) in [6, 6.07) is 13.3. The highest BCUT2D eigenvalue weighted by Gasteiger charge is 2.45. The van der Waals surface area contributed by atoms with Gasteiger partial charge in [-0.2, -0.15) is 0 Å². The summed E-state index contributed by atoms with van der Waals surface area (Å²) in [6.45, 7) is 3.39. The van der Waals surface area contributed by atoms with Crippen molar-refractivity contribution in [3.63, 3.8) is 0 Å². The van der Waals surface area contributed by atoms with Crippen molar-refractivity contribution in [2.75, 3.05) is 37.7 Å². The van der Waals surface area contributed by atoms with E-state index in [1.165, 1.54) is 17.0 Å². The van der Waals surface area contributed by atoms with Gasteiger partial charge in [0.1, 0.15) is 0 Å². The van der Waals surface area contributed by atoms with Crippen molar-refractivity contribution in [1.29, 1.82) is 0 Å². The van der Waals surface area contributed by atoms with Gasteiger partial charge >= 0.3 is 17.8 Å². The van der Waals surface area contributed by atoms with Crippen molar-refractivity contribution in [1.82, 2.24) is 14.7 Å². The lowest BCUT2D eigenvalue weighted by molar-refractivity contribution is -0.144. The Morgan fingerprint density at radius 2 is 1.52 bits per heavy atom. The number of nitrogens with zero attached hydrogens (tertiary/aromatic N) is 4. The zero-order valence-corrected chi connectivity index (χ0v) is 15.6. The molecule has 0 saturated carbocycles. The quantitative estimate of drug-likeness (QED) is 0.581. The van der Waals surface area contributed by atoms with Crippen LogP contribution in [0, 0.1) is 0 Å². The molecule has 1 aromatic heterocycles. The van der Waals surface area contributed by atoms with Gasteiger partial charge in [-0.3, -0.25) is 19.4 Å². The smallest absolute Gasteiger partial charge is 0.335 e. The third-order valence-corrected chi connectivity index (χ3v) is 5.73. The van der Waals surface area contributed by atoms with Crippen LogP contribution in [0.4, 0.5) is 10.5 Å². The van der Waals surface area contributed by atoms with E-state index in [2.05, 4.69) is 17.0 Å². The van der Waals surface area contributed by atoms with E-state index in [-0.39, 0.29) is 13.2 Å². The molecule has 0 atom stereocenters. The number of amides is 4. The lowest BCUT2D eigenvalue weighted by Crippen LogP contribution is -2.51. The number of rotatable bonds is 5. The molecular weight excluding hydrogens is 364 g/mol. The second kappa shape index (κ2) is 7.50. The van der Waals surface area contributed by atoms with Gasteiger partial charge < -0.3 is 4.90 Å². The largest absolute Gasteiger partial charge is 0.369 e. The molecule has 2 aliphatic heterocycles. The Bertz CT molecular complexity index is 832. The summed E-state index contributed by atoms with van der Waals surface area (Å²) < 4.78 is 0. The summed E-state index contributed by atoms with van der Waals surface area (Å²) in [5.41, 5.74) is 1.17. The van der Waals surface area contributed by atoms with Gasteiger partial charge in [0.15, 0.2) is 0 Å². The third kappa shape index (κ3) is 3.58. The van der Waals surface area contributed by atoms with Crippen LogP contribution in [0.5, 0.6) is 0 Å². The van der Waals surface area contributed by atoms with E-state index in [1.54, 1.807) is 0 Å². The zero-order valence-electron chi connectivity index (χ0n) is 14.8. The fourth-order valence-corrected chi connectivity index (χ4v) is 4.05. The Kier molecular flexibility index (Phi) is 4.91. The normalized spacial score (nSPS) is 18.7. The molecule has 2 aliphatic rings. The van der Waals surface area contributed by atoms with Crippen LogP contribution in [0.25, 0.3) is 0 Å². The highest BCUT2D eigenvalue weighted by atomic mass is 32.1. The first kappa shape index (κ1) is 17.7. The monoisotopic (exact) mass is 384 g/mol. The SMILES string of the molecule is O=C1C(=O)N(CN2CCN(c3ccccc3)CC2)C(=O)N1Cc1cccs1. The van der Waals surface area contributed by atoms with Crippen LogP contribution in [0.1, 0.15) is 4.88 Å². The molecule has 2 aromatic rings. The first-order valence-corrected chi connectivity index (χ1v) is 9.73. The van der Waals surface area contributed by atoms with Gasteiger partial charge in [-0.15, -0.1) is 11.3 Å². The van der Waals surface area contributed by atoms with E-state index >= 15 is 0 Å². The van der Waals surface area contributed by atoms with Crippen molar-refractivity contribution in [2.24, 2.45) is 0 Å². The van der Waals surface area contributed by atoms with Gasteiger partial charge in [0.25, 0.3) is 0 Å². The topological polar surface area (TPSA) is 64.2 Å². The molecule has 2 saturated heterocycles. The Balaban J connectivity index is 1.36. The van der Waals surface area contributed by atoms with Gasteiger partial charge in [-0.1, -0.05) is 24.3 Å². The van der Waals surface area contributed by atoms with E-state index in [1.807, 2.05) is 40.6 Å². The minimum atomic E-state index is -0.740. The molecule has 0 bridgehead atoms. The molecule has 8 heteroatoms. The van der Waals surface area contributed by atoms with Gasteiger partial charge in [0, 0.05) is 36.7 Å². The first-order valence-electron chi connectivity index (χ1n) is 8.85. The predicted octanol–water partition coefficient (Wildman–Crippen LogP) is 1.82. The number of benzene rings is 1. The summed E-state index contributed by atoms with van der Waals surface area (Å²) in [6.07, 6.45) is 0. The minimum Gasteiger partial charge on any atom is -0.369 e. The molecule has 4 amide bonds. The van der Waals surface area contributed by atoms with Crippen LogP contribution >= 0.6 is 11.3 Å². The van der Waals surface area contributed by atoms with Crippen molar-refractivity contribution < 1.29 is 14.4 Å². The van der Waals surface area contributed by atoms with Gasteiger partial charge in [-0.05, 0) is 23.6 Å². The van der Waals surface area contributed by atoms with Crippen molar-refractivity contribution >= 4 is 34.9 Å². The van der Waals surface area contributed by atoms with Gasteiger partial charge in [-0.25, -0.2) is 9.69 Å². The Labute approximate surface area is 161 Å². The van der Waals surface area contributed by atoms with Crippen LogP contribution in [-0.2, 0) is 16.1 Å². The van der Waals surface area contributed by atoms with Crippen LogP contribution in [0.15, 0.2) is 47.8 Å². The second-order valence-corrected chi connectivity index (χ2v) is 7.60. The summed E-state index contributed by atoms with van der Waals surface area (Å²) in [5.74, 6) is -1.47. The molecular formula is C19H20N4O3S. The predicted molar refractivity (Wildman–Crippen MR) is 102 cm³/mol. The lowest BCUT2D eigenvalue weighted by Gasteiger charge is -2.37. The number of carbonyl (C=O) groups excluding carboxylic acids is 3. The average Bonchev–Trinajstić information content (AvgIpc) is 3.29. The first-order chi connectivity index (χ1) is 13.1. The molecule has 4 rings (SSSR count). The second-order valence-electron chi connectivity index (χ2n) is 6.57. The summed E-state index contributed by atoms with van der Waals surface area (Å²) in [5, 5.41) is 1.88. The molecule has 140 valence electrons. The standard InChI is InChI=1S/C19H20N4O3S/c24-17-18(25)23(19(26)22(17)13-16-7-4-12-27-16)14-20-8-10-21(11-9-20)15-5-2-1-3-6-15/h1-7,12H,8-11,13-14H2. The fourth-order valence-electron chi connectivity index (χ4n) is 3.36. The maximum absolute atomic E-state index is 12.6. The van der Waals surface area contributed by atoms with E-state index in [9.17, 15) is 14.4 Å². The average molecular weight is 384 g/mol. The number of imide groups is 2. The van der Waals surface area contributed by atoms with Crippen LogP contribution in [0.3, 0.4) is 0 Å². The number of urea groups is 1. The summed E-state index contributed by atoms with van der Waals surface area (Å²) in [4.78, 5) is 44.4. The number of carbonyl (C=O) groups is 3. The Morgan fingerprint density at radius 1 is 0.815 bits per heavy atom. The molecule has 1 aromatic carbocycles. The zero-order chi connectivity index (χ0) is 18.8. The van der Waals surface area contributed by atoms with Gasteiger partial charge in [0.2, 0.25) is 0 Å². The molecule has 0 spiro atoms. The summed E-state index contributed by atoms with van der Waals surface area (Å²) in [7, 11) is 0. The van der Waals surface area contributed by atoms with Gasteiger partial charge in [0.05, 0.1) is 13.2 Å². The number of thiophene rings is 1. The lowest BCUT2D eigenvalue weighted by atomic mass is 10.2. The molecule has 0 unspecified atom stereocenters. The molecule has 27 heavy (non-hydrogen) atoms. The molecule has 0 radical (unpaired) electrons. The molecule has 2 fully saturated rings. The van der Waals surface area contributed by atoms with Crippen molar-refractivity contribution in [3.05, 3.63) is 52.7 Å². The van der Waals surface area contributed by atoms with Crippen LogP contribution in [-0.4, -0.2) is 65.4 Å². The highest BCUT2D eigenvalue weighted by Crippen LogP contribution is 2.20. The molecule has 7 nitrogen and oxygen atoms in total. The maximum Gasteiger partial charge on any atom is 0.335 e. The number of hydrogen-bond acceptors (Lipinski definition) is 6. The van der Waals surface area contributed by atoms with Crippen molar-refractivity contribution in [2.45, 2.75) is 6.54 Å². The van der Waals surface area contributed by atoms with Crippen LogP contribution < -0.4 is 4.90 Å². The minimum absolute atomic E-state index is 0.152. The van der Waals surface area contributed by atoms with E-state index in [0.717, 1.165) is 40.9 Å². The Morgan fingerprint density at radius 3 is 2.19 bits per heavy atom. The van der Waals surface area contributed by atoms with E-state index in [0.29, 0.717) is 0 Å². The number of hydrogen-bond donors (Lipinski definition) is 0. The molecule has 0 aliphatic carbocycles. The van der Waals surface area contributed by atoms with Crippen molar-refractivity contribution in [3.8, 4) is 0 Å².